The van der Waals surface area contributed by atoms with Crippen LogP contribution in [0.15, 0.2) is 50.1 Å². The number of aromatic nitrogens is 2. The number of aryl methyl sites for hydroxylation is 2. The first-order valence-corrected chi connectivity index (χ1v) is 8.98. The van der Waals surface area contributed by atoms with Crippen molar-refractivity contribution in [2.45, 2.75) is 26.5 Å². The molecule has 3 heterocycles. The van der Waals surface area contributed by atoms with Crippen LogP contribution in [0, 0.1) is 19.7 Å². The molecule has 0 spiro atoms. The number of halogens is 1. The maximum atomic E-state index is 14.3. The molecule has 0 amide bonds. The molecule has 142 valence electrons. The highest BCUT2D eigenvalue weighted by atomic mass is 19.1. The second-order valence-corrected chi connectivity index (χ2v) is 7.01. The minimum atomic E-state index is -0.485. The number of hydrogen-bond donors (Lipinski definition) is 0. The van der Waals surface area contributed by atoms with Crippen LogP contribution in [0.4, 0.5) is 4.39 Å². The van der Waals surface area contributed by atoms with Crippen LogP contribution in [0.3, 0.4) is 0 Å². The van der Waals surface area contributed by atoms with Gasteiger partial charge in [0.1, 0.15) is 17.7 Å². The number of fused-ring (bicyclic) bond motifs is 1. The Morgan fingerprint density at radius 2 is 2.04 bits per heavy atom. The summed E-state index contributed by atoms with van der Waals surface area (Å²) in [6.07, 6.45) is -0.149. The van der Waals surface area contributed by atoms with Gasteiger partial charge in [-0.1, -0.05) is 23.4 Å². The molecule has 0 aliphatic carbocycles. The molecular weight excluding hydrogens is 363 g/mol. The van der Waals surface area contributed by atoms with Gasteiger partial charge in [-0.15, -0.1) is 0 Å². The van der Waals surface area contributed by atoms with Gasteiger partial charge in [0.25, 0.3) is 0 Å². The van der Waals surface area contributed by atoms with Crippen molar-refractivity contribution in [1.82, 2.24) is 9.72 Å². The van der Waals surface area contributed by atoms with Crippen LogP contribution in [-0.4, -0.2) is 16.3 Å². The zero-order valence-electron chi connectivity index (χ0n) is 15.4. The van der Waals surface area contributed by atoms with Crippen LogP contribution < -0.4 is 5.76 Å². The number of hydrogen-bond acceptors (Lipinski definition) is 5. The second kappa shape index (κ2) is 6.17. The predicted octanol–water partition coefficient (Wildman–Crippen LogP) is 4.13. The van der Waals surface area contributed by atoms with E-state index in [1.807, 2.05) is 32.0 Å². The molecule has 1 unspecified atom stereocenters. The third-order valence-electron chi connectivity index (χ3n) is 5.08. The first-order valence-electron chi connectivity index (χ1n) is 8.98. The topological polar surface area (TPSA) is 73.7 Å². The molecule has 1 fully saturated rings. The second-order valence-electron chi connectivity index (χ2n) is 7.01. The van der Waals surface area contributed by atoms with E-state index in [-0.39, 0.29) is 18.5 Å². The highest BCUT2D eigenvalue weighted by Gasteiger charge is 2.27. The van der Waals surface area contributed by atoms with Crippen molar-refractivity contribution < 1.29 is 18.1 Å². The Labute approximate surface area is 159 Å². The van der Waals surface area contributed by atoms with Gasteiger partial charge in [0.2, 0.25) is 0 Å². The fraction of sp³-hybridized carbons (Fsp3) is 0.238. The van der Waals surface area contributed by atoms with Crippen LogP contribution in [0.1, 0.15) is 28.7 Å². The lowest BCUT2D eigenvalue weighted by atomic mass is 10.0. The molecule has 1 aliphatic rings. The van der Waals surface area contributed by atoms with Crippen molar-refractivity contribution in [1.29, 1.82) is 0 Å². The summed E-state index contributed by atoms with van der Waals surface area (Å²) in [6.45, 7) is 4.47. The average Bonchev–Trinajstić information content (AvgIpc) is 3.39. The molecule has 28 heavy (non-hydrogen) atoms. The van der Waals surface area contributed by atoms with Crippen molar-refractivity contribution in [2.75, 3.05) is 6.61 Å². The summed E-state index contributed by atoms with van der Waals surface area (Å²) in [7, 11) is 0. The molecule has 2 aromatic carbocycles. The lowest BCUT2D eigenvalue weighted by molar-refractivity contribution is 0.393. The number of ether oxygens (including phenoxy) is 1. The normalized spacial score (nSPS) is 16.0. The first-order chi connectivity index (χ1) is 13.5. The fourth-order valence-corrected chi connectivity index (χ4v) is 3.60. The maximum Gasteiger partial charge on any atom is 0.420 e. The summed E-state index contributed by atoms with van der Waals surface area (Å²) < 4.78 is 31.6. The molecule has 1 aliphatic heterocycles. The highest BCUT2D eigenvalue weighted by molar-refractivity contribution is 5.81. The number of benzene rings is 2. The van der Waals surface area contributed by atoms with Gasteiger partial charge in [-0.05, 0) is 43.2 Å². The van der Waals surface area contributed by atoms with E-state index in [4.69, 9.17) is 13.7 Å². The Morgan fingerprint density at radius 3 is 2.71 bits per heavy atom. The Kier molecular flexibility index (Phi) is 3.73. The number of rotatable bonds is 4. The molecule has 0 bridgehead atoms. The number of oxazole rings is 1. The molecule has 1 saturated heterocycles. The lowest BCUT2D eigenvalue weighted by Gasteiger charge is -2.06. The molecule has 4 aromatic rings. The van der Waals surface area contributed by atoms with Gasteiger partial charge in [-0.25, -0.2) is 9.18 Å². The van der Waals surface area contributed by atoms with E-state index in [0.29, 0.717) is 34.6 Å². The fourth-order valence-electron chi connectivity index (χ4n) is 3.60. The molecule has 0 N–H and O–H groups in total. The van der Waals surface area contributed by atoms with E-state index in [0.717, 1.165) is 16.8 Å². The maximum absolute atomic E-state index is 14.3. The molecule has 5 rings (SSSR count). The molecule has 1 atom stereocenters. The SMILES string of the molecule is Cc1noc(C)c1-c1ccc2oc(=O)n(Cc3ccc(C4CO4)c(F)c3)c2c1. The van der Waals surface area contributed by atoms with Gasteiger partial charge in [-0.3, -0.25) is 4.57 Å². The highest BCUT2D eigenvalue weighted by Crippen LogP contribution is 2.32. The van der Waals surface area contributed by atoms with E-state index in [1.54, 1.807) is 12.1 Å². The van der Waals surface area contributed by atoms with Crippen molar-refractivity contribution >= 4 is 11.1 Å². The molecule has 0 saturated carbocycles. The lowest BCUT2D eigenvalue weighted by Crippen LogP contribution is -2.15. The summed E-state index contributed by atoms with van der Waals surface area (Å²) >= 11 is 0. The van der Waals surface area contributed by atoms with Gasteiger partial charge in [-0.2, -0.15) is 0 Å². The quantitative estimate of drug-likeness (QED) is 0.498. The summed E-state index contributed by atoms with van der Waals surface area (Å²) in [4.78, 5) is 12.4. The Bertz CT molecular complexity index is 1240. The summed E-state index contributed by atoms with van der Waals surface area (Å²) in [5.74, 6) is -0.104. The van der Waals surface area contributed by atoms with Gasteiger partial charge in [0.15, 0.2) is 5.58 Å². The van der Waals surface area contributed by atoms with Crippen LogP contribution in [0.2, 0.25) is 0 Å². The average molecular weight is 380 g/mol. The third kappa shape index (κ3) is 2.75. The van der Waals surface area contributed by atoms with Crippen LogP contribution >= 0.6 is 0 Å². The molecule has 7 heteroatoms. The summed E-state index contributed by atoms with van der Waals surface area (Å²) in [5, 5.41) is 3.99. The first kappa shape index (κ1) is 16.9. The van der Waals surface area contributed by atoms with Crippen molar-refractivity contribution in [2.24, 2.45) is 0 Å². The van der Waals surface area contributed by atoms with Gasteiger partial charge in [0, 0.05) is 11.1 Å². The Balaban J connectivity index is 1.57. The zero-order valence-corrected chi connectivity index (χ0v) is 15.4. The number of nitrogens with zero attached hydrogens (tertiary/aromatic N) is 2. The van der Waals surface area contributed by atoms with E-state index >= 15 is 0 Å². The zero-order chi connectivity index (χ0) is 19.4. The molecule has 6 nitrogen and oxygen atoms in total. The van der Waals surface area contributed by atoms with Crippen LogP contribution in [0.25, 0.3) is 22.2 Å². The predicted molar refractivity (Wildman–Crippen MR) is 99.6 cm³/mol. The standard InChI is InChI=1S/C21H17FN2O4/c1-11-20(12(2)28-23-11)14-4-6-18-17(8-14)24(21(25)27-18)9-13-3-5-15(16(22)7-13)19-10-26-19/h3-8,19H,9-10H2,1-2H3. The molecule has 0 radical (unpaired) electrons. The Morgan fingerprint density at radius 1 is 1.21 bits per heavy atom. The van der Waals surface area contributed by atoms with Crippen LogP contribution in [-0.2, 0) is 11.3 Å². The summed E-state index contributed by atoms with van der Waals surface area (Å²) in [6, 6.07) is 10.5. The molecular formula is C21H17FN2O4. The minimum absolute atomic E-state index is 0.149. The smallest absolute Gasteiger partial charge is 0.408 e. The monoisotopic (exact) mass is 380 g/mol. The van der Waals surface area contributed by atoms with Gasteiger partial charge >= 0.3 is 5.76 Å². The van der Waals surface area contributed by atoms with Gasteiger partial charge in [0.05, 0.1) is 24.4 Å². The summed E-state index contributed by atoms with van der Waals surface area (Å²) in [5.41, 5.74) is 4.88. The van der Waals surface area contributed by atoms with E-state index < -0.39 is 5.76 Å². The number of epoxide rings is 1. The third-order valence-corrected chi connectivity index (χ3v) is 5.08. The largest absolute Gasteiger partial charge is 0.420 e. The van der Waals surface area contributed by atoms with Crippen LogP contribution in [0.5, 0.6) is 0 Å². The van der Waals surface area contributed by atoms with E-state index in [1.165, 1.54) is 10.6 Å². The van der Waals surface area contributed by atoms with E-state index in [9.17, 15) is 9.18 Å². The van der Waals surface area contributed by atoms with Crippen molar-refractivity contribution in [3.8, 4) is 11.1 Å². The Hall–Kier alpha value is -3.19. The van der Waals surface area contributed by atoms with E-state index in [2.05, 4.69) is 5.16 Å². The van der Waals surface area contributed by atoms with Crippen molar-refractivity contribution in [3.05, 3.63) is 75.3 Å². The van der Waals surface area contributed by atoms with Crippen molar-refractivity contribution in [3.63, 3.8) is 0 Å². The minimum Gasteiger partial charge on any atom is -0.408 e. The van der Waals surface area contributed by atoms with Gasteiger partial charge < -0.3 is 13.7 Å². The molecule has 2 aromatic heterocycles.